The molecule has 1 aromatic heterocycles. The van der Waals surface area contributed by atoms with Crippen LogP contribution in [0.3, 0.4) is 0 Å². The summed E-state index contributed by atoms with van der Waals surface area (Å²) in [6.45, 7) is 2.39. The molecular weight excluding hydrogens is 254 g/mol. The smallest absolute Gasteiger partial charge is 0.248 e. The molecule has 2 saturated heterocycles. The van der Waals surface area contributed by atoms with Crippen LogP contribution in [-0.4, -0.2) is 58.2 Å². The number of hydrogen-bond donors (Lipinski definition) is 0. The largest absolute Gasteiger partial charge is 0.282 e. The van der Waals surface area contributed by atoms with Crippen molar-refractivity contribution < 1.29 is 8.42 Å². The van der Waals surface area contributed by atoms with Gasteiger partial charge in [0.1, 0.15) is 0 Å². The van der Waals surface area contributed by atoms with Gasteiger partial charge in [0, 0.05) is 32.4 Å². The lowest BCUT2D eigenvalue weighted by molar-refractivity contribution is 0.381. The van der Waals surface area contributed by atoms with E-state index in [4.69, 9.17) is 0 Å². The Morgan fingerprint density at radius 2 is 1.89 bits per heavy atom. The summed E-state index contributed by atoms with van der Waals surface area (Å²) < 4.78 is 29.6. The van der Waals surface area contributed by atoms with Crippen LogP contribution in [-0.2, 0) is 10.2 Å². The third kappa shape index (κ3) is 2.04. The molecule has 100 valence electrons. The molecule has 2 aliphatic heterocycles. The quantitative estimate of drug-likeness (QED) is 0.767. The van der Waals surface area contributed by atoms with E-state index >= 15 is 0 Å². The van der Waals surface area contributed by atoms with Crippen molar-refractivity contribution in [2.75, 3.05) is 26.2 Å². The molecule has 0 radical (unpaired) electrons. The molecule has 1 unspecified atom stereocenters. The third-order valence-electron chi connectivity index (χ3n) is 3.66. The predicted octanol–water partition coefficient (Wildman–Crippen LogP) is -0.135. The van der Waals surface area contributed by atoms with Gasteiger partial charge in [-0.1, -0.05) is 5.21 Å². The zero-order valence-corrected chi connectivity index (χ0v) is 11.0. The van der Waals surface area contributed by atoms with Gasteiger partial charge in [-0.3, -0.25) is 0 Å². The Morgan fingerprint density at radius 1 is 1.11 bits per heavy atom. The second-order valence-corrected chi connectivity index (χ2v) is 6.73. The zero-order valence-electron chi connectivity index (χ0n) is 10.1. The summed E-state index contributed by atoms with van der Waals surface area (Å²) in [4.78, 5) is 0. The van der Waals surface area contributed by atoms with E-state index in [0.29, 0.717) is 26.2 Å². The summed E-state index contributed by atoms with van der Waals surface area (Å²) in [5.41, 5.74) is 0. The van der Waals surface area contributed by atoms with E-state index in [-0.39, 0.29) is 6.04 Å². The van der Waals surface area contributed by atoms with Crippen LogP contribution < -0.4 is 0 Å². The van der Waals surface area contributed by atoms with Crippen molar-refractivity contribution in [2.45, 2.75) is 25.3 Å². The van der Waals surface area contributed by atoms with Gasteiger partial charge in [0.2, 0.25) is 0 Å². The van der Waals surface area contributed by atoms with Gasteiger partial charge in [-0.2, -0.15) is 17.0 Å². The normalized spacial score (nSPS) is 27.0. The molecule has 2 fully saturated rings. The molecule has 7 nitrogen and oxygen atoms in total. The minimum Gasteiger partial charge on any atom is -0.248 e. The maximum Gasteiger partial charge on any atom is 0.282 e. The zero-order chi connectivity index (χ0) is 12.6. The van der Waals surface area contributed by atoms with Crippen LogP contribution in [0.5, 0.6) is 0 Å². The van der Waals surface area contributed by atoms with Crippen LogP contribution in [0.4, 0.5) is 0 Å². The van der Waals surface area contributed by atoms with Crippen LogP contribution in [0, 0.1) is 0 Å². The lowest BCUT2D eigenvalue weighted by atomic mass is 10.3. The fourth-order valence-corrected chi connectivity index (χ4v) is 4.37. The van der Waals surface area contributed by atoms with Crippen LogP contribution >= 0.6 is 0 Å². The highest BCUT2D eigenvalue weighted by Gasteiger charge is 2.37. The average Bonchev–Trinajstić information content (AvgIpc) is 3.12. The molecule has 0 bridgehead atoms. The first-order valence-electron chi connectivity index (χ1n) is 6.29. The Balaban J connectivity index is 1.71. The van der Waals surface area contributed by atoms with E-state index in [1.54, 1.807) is 25.7 Å². The van der Waals surface area contributed by atoms with Gasteiger partial charge in [0.15, 0.2) is 0 Å². The minimum atomic E-state index is -3.26. The predicted molar refractivity (Wildman–Crippen MR) is 65.0 cm³/mol. The summed E-state index contributed by atoms with van der Waals surface area (Å²) in [7, 11) is -3.26. The topological polar surface area (TPSA) is 71.3 Å². The molecule has 2 aliphatic rings. The van der Waals surface area contributed by atoms with Crippen molar-refractivity contribution in [3.05, 3.63) is 12.4 Å². The molecule has 0 aromatic carbocycles. The van der Waals surface area contributed by atoms with Gasteiger partial charge >= 0.3 is 0 Å². The van der Waals surface area contributed by atoms with Crippen molar-refractivity contribution in [2.24, 2.45) is 0 Å². The summed E-state index contributed by atoms with van der Waals surface area (Å²) in [6.07, 6.45) is 6.16. The molecule has 8 heteroatoms. The SMILES string of the molecule is O=S(=O)(N1CCCC1)N1CCC(n2ccnn2)C1. The first-order chi connectivity index (χ1) is 8.68. The van der Waals surface area contributed by atoms with Gasteiger partial charge < -0.3 is 0 Å². The Bertz CT molecular complexity index is 494. The van der Waals surface area contributed by atoms with E-state index < -0.39 is 10.2 Å². The van der Waals surface area contributed by atoms with Crippen LogP contribution in [0.2, 0.25) is 0 Å². The molecule has 0 amide bonds. The summed E-state index contributed by atoms with van der Waals surface area (Å²) in [6, 6.07) is 0.116. The highest BCUT2D eigenvalue weighted by atomic mass is 32.2. The highest BCUT2D eigenvalue weighted by molar-refractivity contribution is 7.86. The van der Waals surface area contributed by atoms with Gasteiger partial charge in [0.05, 0.1) is 12.2 Å². The maximum absolute atomic E-state index is 12.4. The van der Waals surface area contributed by atoms with E-state index in [1.165, 1.54) is 0 Å². The van der Waals surface area contributed by atoms with Crippen molar-refractivity contribution in [1.82, 2.24) is 23.6 Å². The van der Waals surface area contributed by atoms with Gasteiger partial charge in [-0.05, 0) is 19.3 Å². The highest BCUT2D eigenvalue weighted by Crippen LogP contribution is 2.26. The lowest BCUT2D eigenvalue weighted by Crippen LogP contribution is -2.41. The Kier molecular flexibility index (Phi) is 3.08. The second kappa shape index (κ2) is 4.60. The Labute approximate surface area is 107 Å². The summed E-state index contributed by atoms with van der Waals surface area (Å²) >= 11 is 0. The number of aromatic nitrogens is 3. The van der Waals surface area contributed by atoms with Gasteiger partial charge in [-0.25, -0.2) is 4.68 Å². The van der Waals surface area contributed by atoms with Crippen LogP contribution in [0.25, 0.3) is 0 Å². The van der Waals surface area contributed by atoms with Crippen LogP contribution in [0.1, 0.15) is 25.3 Å². The number of rotatable bonds is 3. The van der Waals surface area contributed by atoms with Crippen molar-refractivity contribution >= 4 is 10.2 Å². The van der Waals surface area contributed by atoms with E-state index in [2.05, 4.69) is 10.3 Å². The fraction of sp³-hybridized carbons (Fsp3) is 0.800. The molecule has 0 aliphatic carbocycles. The van der Waals surface area contributed by atoms with Crippen molar-refractivity contribution in [1.29, 1.82) is 0 Å². The third-order valence-corrected chi connectivity index (χ3v) is 5.66. The molecule has 3 heterocycles. The van der Waals surface area contributed by atoms with Gasteiger partial charge in [-0.15, -0.1) is 5.10 Å². The minimum absolute atomic E-state index is 0.116. The molecule has 3 rings (SSSR count). The summed E-state index contributed by atoms with van der Waals surface area (Å²) in [5.74, 6) is 0. The van der Waals surface area contributed by atoms with Crippen LogP contribution in [0.15, 0.2) is 12.4 Å². The fourth-order valence-electron chi connectivity index (χ4n) is 2.63. The molecular formula is C10H17N5O2S. The monoisotopic (exact) mass is 271 g/mol. The van der Waals surface area contributed by atoms with E-state index in [0.717, 1.165) is 19.3 Å². The Morgan fingerprint density at radius 3 is 2.56 bits per heavy atom. The molecule has 1 aromatic rings. The molecule has 0 saturated carbocycles. The first-order valence-corrected chi connectivity index (χ1v) is 7.68. The standard InChI is InChI=1S/C10H17N5O2S/c16-18(17,13-5-1-2-6-13)14-7-3-10(9-14)15-8-4-11-12-15/h4,8,10H,1-3,5-7,9H2. The average molecular weight is 271 g/mol. The number of nitrogens with zero attached hydrogens (tertiary/aromatic N) is 5. The number of hydrogen-bond acceptors (Lipinski definition) is 4. The molecule has 18 heavy (non-hydrogen) atoms. The van der Waals surface area contributed by atoms with E-state index in [1.807, 2.05) is 0 Å². The Hall–Kier alpha value is -0.990. The van der Waals surface area contributed by atoms with E-state index in [9.17, 15) is 8.42 Å². The van der Waals surface area contributed by atoms with Crippen molar-refractivity contribution in [3.8, 4) is 0 Å². The van der Waals surface area contributed by atoms with Crippen molar-refractivity contribution in [3.63, 3.8) is 0 Å². The molecule has 1 atom stereocenters. The summed E-state index contributed by atoms with van der Waals surface area (Å²) in [5, 5.41) is 7.71. The maximum atomic E-state index is 12.4. The second-order valence-electron chi connectivity index (χ2n) is 4.80. The van der Waals surface area contributed by atoms with Gasteiger partial charge in [0.25, 0.3) is 10.2 Å². The molecule has 0 spiro atoms. The molecule has 0 N–H and O–H groups in total. The lowest BCUT2D eigenvalue weighted by Gasteiger charge is -2.23. The first kappa shape index (κ1) is 12.1.